The normalized spacial score (nSPS) is 15.4. The maximum atomic E-state index is 11.7. The van der Waals surface area contributed by atoms with Crippen LogP contribution in [0, 0.1) is 0 Å². The van der Waals surface area contributed by atoms with E-state index in [0.717, 1.165) is 24.2 Å². The number of hydrogen-bond donors (Lipinski definition) is 1. The van der Waals surface area contributed by atoms with Crippen molar-refractivity contribution in [2.45, 2.75) is 19.3 Å². The SMILES string of the molecule is NCCCC1=NN(c2ccccc2)C(=O)C1. The van der Waals surface area contributed by atoms with Crippen LogP contribution < -0.4 is 10.7 Å². The predicted octanol–water partition coefficient (Wildman–Crippen LogP) is 1.52. The Hall–Kier alpha value is -1.68. The van der Waals surface area contributed by atoms with Crippen molar-refractivity contribution in [1.29, 1.82) is 0 Å². The van der Waals surface area contributed by atoms with Crippen molar-refractivity contribution in [3.63, 3.8) is 0 Å². The summed E-state index contributed by atoms with van der Waals surface area (Å²) >= 11 is 0. The molecule has 0 radical (unpaired) electrons. The maximum Gasteiger partial charge on any atom is 0.253 e. The van der Waals surface area contributed by atoms with Crippen LogP contribution in [0.4, 0.5) is 5.69 Å². The second-order valence-electron chi connectivity index (χ2n) is 3.78. The van der Waals surface area contributed by atoms with Gasteiger partial charge in [0.25, 0.3) is 5.91 Å². The molecule has 16 heavy (non-hydrogen) atoms. The molecule has 0 saturated heterocycles. The Bertz CT molecular complexity index is 400. The molecular formula is C12H15N3O. The quantitative estimate of drug-likeness (QED) is 0.831. The third kappa shape index (κ3) is 2.28. The predicted molar refractivity (Wildman–Crippen MR) is 64.3 cm³/mol. The Balaban J connectivity index is 2.11. The molecule has 1 aliphatic rings. The molecule has 2 N–H and O–H groups in total. The number of para-hydroxylation sites is 1. The van der Waals surface area contributed by atoms with E-state index in [9.17, 15) is 4.79 Å². The molecular weight excluding hydrogens is 202 g/mol. The van der Waals surface area contributed by atoms with Crippen molar-refractivity contribution >= 4 is 17.3 Å². The van der Waals surface area contributed by atoms with Gasteiger partial charge in [0.1, 0.15) is 0 Å². The number of carbonyl (C=O) groups is 1. The highest BCUT2D eigenvalue weighted by atomic mass is 16.2. The highest BCUT2D eigenvalue weighted by Gasteiger charge is 2.24. The number of hydrogen-bond acceptors (Lipinski definition) is 3. The summed E-state index contributed by atoms with van der Waals surface area (Å²) in [6, 6.07) is 9.48. The van der Waals surface area contributed by atoms with Crippen molar-refractivity contribution in [2.24, 2.45) is 10.8 Å². The van der Waals surface area contributed by atoms with Gasteiger partial charge in [0.2, 0.25) is 0 Å². The van der Waals surface area contributed by atoms with Crippen LogP contribution in [0.2, 0.25) is 0 Å². The second kappa shape index (κ2) is 4.90. The van der Waals surface area contributed by atoms with Crippen LogP contribution >= 0.6 is 0 Å². The van der Waals surface area contributed by atoms with Crippen LogP contribution in [0.5, 0.6) is 0 Å². The molecule has 1 heterocycles. The standard InChI is InChI=1S/C12H15N3O/c13-8-4-5-10-9-12(16)15(14-10)11-6-2-1-3-7-11/h1-3,6-7H,4-5,8-9,13H2. The number of nitrogens with zero attached hydrogens (tertiary/aromatic N) is 2. The number of anilines is 1. The molecule has 0 unspecified atom stereocenters. The lowest BCUT2D eigenvalue weighted by atomic mass is 10.1. The Morgan fingerprint density at radius 1 is 1.31 bits per heavy atom. The van der Waals surface area contributed by atoms with Crippen molar-refractivity contribution in [1.82, 2.24) is 0 Å². The highest BCUT2D eigenvalue weighted by molar-refractivity contribution is 6.12. The first-order valence-corrected chi connectivity index (χ1v) is 5.45. The molecule has 1 aromatic carbocycles. The monoisotopic (exact) mass is 217 g/mol. The Kier molecular flexibility index (Phi) is 3.31. The first-order chi connectivity index (χ1) is 7.81. The fraction of sp³-hybridized carbons (Fsp3) is 0.333. The number of nitrogens with two attached hydrogens (primary N) is 1. The lowest BCUT2D eigenvalue weighted by Crippen LogP contribution is -2.19. The molecule has 0 spiro atoms. The summed E-state index contributed by atoms with van der Waals surface area (Å²) in [5.74, 6) is 0.0400. The van der Waals surface area contributed by atoms with Crippen molar-refractivity contribution in [3.05, 3.63) is 30.3 Å². The van der Waals surface area contributed by atoms with Crippen molar-refractivity contribution < 1.29 is 4.79 Å². The minimum Gasteiger partial charge on any atom is -0.330 e. The van der Waals surface area contributed by atoms with E-state index in [1.807, 2.05) is 30.3 Å². The lowest BCUT2D eigenvalue weighted by Gasteiger charge is -2.10. The van der Waals surface area contributed by atoms with E-state index < -0.39 is 0 Å². The van der Waals surface area contributed by atoms with Crippen molar-refractivity contribution in [3.8, 4) is 0 Å². The van der Waals surface area contributed by atoms with Gasteiger partial charge in [-0.3, -0.25) is 4.79 Å². The van der Waals surface area contributed by atoms with Crippen LogP contribution in [-0.2, 0) is 4.79 Å². The molecule has 2 rings (SSSR count). The Morgan fingerprint density at radius 3 is 2.75 bits per heavy atom. The number of benzene rings is 1. The number of amides is 1. The molecule has 4 nitrogen and oxygen atoms in total. The summed E-state index contributed by atoms with van der Waals surface area (Å²) in [7, 11) is 0. The van der Waals surface area contributed by atoms with E-state index in [-0.39, 0.29) is 5.91 Å². The highest BCUT2D eigenvalue weighted by Crippen LogP contribution is 2.20. The molecule has 4 heteroatoms. The van der Waals surface area contributed by atoms with E-state index in [4.69, 9.17) is 5.73 Å². The molecule has 0 bridgehead atoms. The van der Waals surface area contributed by atoms with Crippen molar-refractivity contribution in [2.75, 3.05) is 11.6 Å². The van der Waals surface area contributed by atoms with Gasteiger partial charge >= 0.3 is 0 Å². The number of rotatable bonds is 4. The van der Waals surface area contributed by atoms with E-state index in [2.05, 4.69) is 5.10 Å². The summed E-state index contributed by atoms with van der Waals surface area (Å²) in [5, 5.41) is 5.80. The van der Waals surface area contributed by atoms with Crippen LogP contribution in [0.15, 0.2) is 35.4 Å². The fourth-order valence-electron chi connectivity index (χ4n) is 1.70. The Labute approximate surface area is 94.7 Å². The third-order valence-electron chi connectivity index (χ3n) is 2.50. The average Bonchev–Trinajstić information content (AvgIpc) is 2.69. The van der Waals surface area contributed by atoms with Gasteiger partial charge in [-0.25, -0.2) is 5.01 Å². The number of hydrazone groups is 1. The topological polar surface area (TPSA) is 58.7 Å². The summed E-state index contributed by atoms with van der Waals surface area (Å²) < 4.78 is 0. The van der Waals surface area contributed by atoms with E-state index >= 15 is 0 Å². The van der Waals surface area contributed by atoms with Gasteiger partial charge in [-0.15, -0.1) is 0 Å². The maximum absolute atomic E-state index is 11.7. The molecule has 84 valence electrons. The van der Waals surface area contributed by atoms with E-state index in [0.29, 0.717) is 13.0 Å². The summed E-state index contributed by atoms with van der Waals surface area (Å²) in [5.41, 5.74) is 7.19. The Morgan fingerprint density at radius 2 is 2.06 bits per heavy atom. The lowest BCUT2D eigenvalue weighted by molar-refractivity contribution is -0.116. The van der Waals surface area contributed by atoms with Gasteiger partial charge in [-0.2, -0.15) is 5.10 Å². The molecule has 1 amide bonds. The second-order valence-corrected chi connectivity index (χ2v) is 3.78. The zero-order valence-electron chi connectivity index (χ0n) is 9.10. The van der Waals surface area contributed by atoms with Gasteiger partial charge in [0.05, 0.1) is 12.1 Å². The molecule has 0 aromatic heterocycles. The molecule has 1 aromatic rings. The fourth-order valence-corrected chi connectivity index (χ4v) is 1.70. The van der Waals surface area contributed by atoms with E-state index in [1.54, 1.807) is 0 Å². The van der Waals surface area contributed by atoms with Gasteiger partial charge in [0, 0.05) is 5.71 Å². The average molecular weight is 217 g/mol. The molecule has 1 aliphatic heterocycles. The largest absolute Gasteiger partial charge is 0.330 e. The minimum absolute atomic E-state index is 0.0400. The summed E-state index contributed by atoms with van der Waals surface area (Å²) in [6.45, 7) is 0.637. The molecule has 0 saturated carbocycles. The van der Waals surface area contributed by atoms with Crippen LogP contribution in [0.1, 0.15) is 19.3 Å². The first kappa shape index (κ1) is 10.8. The zero-order valence-corrected chi connectivity index (χ0v) is 9.10. The van der Waals surface area contributed by atoms with E-state index in [1.165, 1.54) is 5.01 Å². The number of carbonyl (C=O) groups excluding carboxylic acids is 1. The van der Waals surface area contributed by atoms with Crippen LogP contribution in [0.3, 0.4) is 0 Å². The van der Waals surface area contributed by atoms with Crippen LogP contribution in [-0.4, -0.2) is 18.2 Å². The molecule has 0 atom stereocenters. The van der Waals surface area contributed by atoms with Crippen LogP contribution in [0.25, 0.3) is 0 Å². The zero-order chi connectivity index (χ0) is 11.4. The molecule has 0 fully saturated rings. The first-order valence-electron chi connectivity index (χ1n) is 5.45. The van der Waals surface area contributed by atoms with Gasteiger partial charge < -0.3 is 5.73 Å². The summed E-state index contributed by atoms with van der Waals surface area (Å²) in [6.07, 6.45) is 2.12. The molecule has 0 aliphatic carbocycles. The minimum atomic E-state index is 0.0400. The summed E-state index contributed by atoms with van der Waals surface area (Å²) in [4.78, 5) is 11.7. The van der Waals surface area contributed by atoms with Gasteiger partial charge in [0.15, 0.2) is 0 Å². The van der Waals surface area contributed by atoms with Gasteiger partial charge in [-0.05, 0) is 31.5 Å². The third-order valence-corrected chi connectivity index (χ3v) is 2.50. The van der Waals surface area contributed by atoms with Gasteiger partial charge in [-0.1, -0.05) is 18.2 Å². The smallest absolute Gasteiger partial charge is 0.253 e.